The third-order valence-corrected chi connectivity index (χ3v) is 6.67. The Balaban J connectivity index is 1.63. The number of pyridine rings is 1. The number of likely N-dealkylation sites (N-methyl/N-ethyl adjacent to an activating group) is 1. The van der Waals surface area contributed by atoms with Gasteiger partial charge in [0.05, 0.1) is 18.2 Å². The van der Waals surface area contributed by atoms with E-state index in [1.807, 2.05) is 50.3 Å². The highest BCUT2D eigenvalue weighted by Crippen LogP contribution is 2.38. The molecule has 1 aliphatic rings. The fourth-order valence-electron chi connectivity index (χ4n) is 4.61. The number of carbonyl (C=O) groups is 2. The van der Waals surface area contributed by atoms with Crippen molar-refractivity contribution in [3.8, 4) is 17.0 Å². The molecular formula is C28H33N5O3. The lowest BCUT2D eigenvalue weighted by atomic mass is 10.00. The highest BCUT2D eigenvalue weighted by molar-refractivity contribution is 6.35. The molecule has 8 heteroatoms. The molecule has 3 heterocycles. The van der Waals surface area contributed by atoms with Crippen LogP contribution in [-0.2, 0) is 4.79 Å². The van der Waals surface area contributed by atoms with Gasteiger partial charge < -0.3 is 25.3 Å². The van der Waals surface area contributed by atoms with E-state index in [9.17, 15) is 9.59 Å². The van der Waals surface area contributed by atoms with E-state index < -0.39 is 0 Å². The van der Waals surface area contributed by atoms with E-state index >= 15 is 0 Å². The van der Waals surface area contributed by atoms with E-state index in [4.69, 9.17) is 4.74 Å². The molecule has 2 aromatic heterocycles. The van der Waals surface area contributed by atoms with Crippen LogP contribution in [0.25, 0.3) is 22.9 Å². The van der Waals surface area contributed by atoms with Gasteiger partial charge in [-0.15, -0.1) is 0 Å². The van der Waals surface area contributed by atoms with Crippen molar-refractivity contribution in [2.45, 2.75) is 27.7 Å². The molecule has 4 rings (SSSR count). The molecule has 0 saturated heterocycles. The minimum Gasteiger partial charge on any atom is -0.494 e. The van der Waals surface area contributed by atoms with Crippen molar-refractivity contribution in [1.82, 2.24) is 20.2 Å². The smallest absolute Gasteiger partial charge is 0.256 e. The van der Waals surface area contributed by atoms with Crippen LogP contribution < -0.4 is 15.4 Å². The van der Waals surface area contributed by atoms with Crippen molar-refractivity contribution in [1.29, 1.82) is 0 Å². The van der Waals surface area contributed by atoms with E-state index in [2.05, 4.69) is 39.3 Å². The number of carbonyl (C=O) groups excluding carboxylic acids is 2. The van der Waals surface area contributed by atoms with Gasteiger partial charge in [-0.25, -0.2) is 0 Å². The number of aromatic amines is 1. The van der Waals surface area contributed by atoms with Gasteiger partial charge in [-0.05, 0) is 62.8 Å². The van der Waals surface area contributed by atoms with Crippen molar-refractivity contribution in [2.75, 3.05) is 38.6 Å². The summed E-state index contributed by atoms with van der Waals surface area (Å²) in [7, 11) is 1.61. The molecular weight excluding hydrogens is 454 g/mol. The molecule has 0 atom stereocenters. The van der Waals surface area contributed by atoms with Crippen molar-refractivity contribution < 1.29 is 14.3 Å². The van der Waals surface area contributed by atoms with E-state index in [0.717, 1.165) is 53.4 Å². The number of ether oxygens (including phenoxy) is 1. The highest BCUT2D eigenvalue weighted by atomic mass is 16.5. The lowest BCUT2D eigenvalue weighted by molar-refractivity contribution is -0.110. The van der Waals surface area contributed by atoms with Crippen molar-refractivity contribution >= 4 is 29.2 Å². The fourth-order valence-corrected chi connectivity index (χ4v) is 4.61. The SMILES string of the molecule is CCN(CC)CCNC(=O)c1c(C)[nH]c(/C=C2\C(=O)Nc3ccc(-c4ncccc4OC)cc32)c1C. The lowest BCUT2D eigenvalue weighted by Crippen LogP contribution is -2.35. The molecule has 0 bridgehead atoms. The van der Waals surface area contributed by atoms with Gasteiger partial charge in [0.15, 0.2) is 0 Å². The van der Waals surface area contributed by atoms with E-state index in [0.29, 0.717) is 29.1 Å². The standard InChI is InChI=1S/C28H33N5O3/c1-6-33(7-2)14-13-30-28(35)25-17(3)23(31-18(25)4)16-21-20-15-19(10-11-22(20)32-27(21)34)26-24(36-5)9-8-12-29-26/h8-12,15-16,31H,6-7,13-14H2,1-5H3,(H,30,35)(H,32,34)/b21-16-. The predicted molar refractivity (Wildman–Crippen MR) is 143 cm³/mol. The Kier molecular flexibility index (Phi) is 7.55. The number of aryl methyl sites for hydroxylation is 1. The molecule has 188 valence electrons. The average molecular weight is 488 g/mol. The second kappa shape index (κ2) is 10.8. The molecule has 8 nitrogen and oxygen atoms in total. The van der Waals surface area contributed by atoms with Gasteiger partial charge in [0, 0.05) is 47.5 Å². The Hall–Kier alpha value is -3.91. The van der Waals surface area contributed by atoms with Crippen molar-refractivity contribution in [2.24, 2.45) is 0 Å². The number of nitrogens with zero attached hydrogens (tertiary/aromatic N) is 2. The summed E-state index contributed by atoms with van der Waals surface area (Å²) in [5.41, 5.74) is 6.53. The molecule has 0 radical (unpaired) electrons. The highest BCUT2D eigenvalue weighted by Gasteiger charge is 2.26. The van der Waals surface area contributed by atoms with Crippen LogP contribution in [0.3, 0.4) is 0 Å². The van der Waals surface area contributed by atoms with Crippen LogP contribution in [-0.4, -0.2) is 60.0 Å². The molecule has 0 saturated carbocycles. The van der Waals surface area contributed by atoms with Crippen LogP contribution in [0.2, 0.25) is 0 Å². The molecule has 2 amide bonds. The number of H-pyrrole nitrogens is 1. The van der Waals surface area contributed by atoms with Crippen LogP contribution in [0.5, 0.6) is 5.75 Å². The lowest BCUT2D eigenvalue weighted by Gasteiger charge is -2.18. The monoisotopic (exact) mass is 487 g/mol. The molecule has 3 aromatic rings. The second-order valence-corrected chi connectivity index (χ2v) is 8.77. The summed E-state index contributed by atoms with van der Waals surface area (Å²) >= 11 is 0. The first-order valence-electron chi connectivity index (χ1n) is 12.2. The van der Waals surface area contributed by atoms with Crippen LogP contribution >= 0.6 is 0 Å². The van der Waals surface area contributed by atoms with Gasteiger partial charge in [-0.2, -0.15) is 0 Å². The van der Waals surface area contributed by atoms with Gasteiger partial charge in [0.1, 0.15) is 11.4 Å². The van der Waals surface area contributed by atoms with Gasteiger partial charge in [-0.3, -0.25) is 14.6 Å². The molecule has 0 aliphatic carbocycles. The zero-order chi connectivity index (χ0) is 25.8. The van der Waals surface area contributed by atoms with Crippen LogP contribution in [0.1, 0.15) is 46.7 Å². The Bertz CT molecular complexity index is 1320. The number of rotatable bonds is 9. The summed E-state index contributed by atoms with van der Waals surface area (Å²) < 4.78 is 5.47. The molecule has 36 heavy (non-hydrogen) atoms. The van der Waals surface area contributed by atoms with Crippen molar-refractivity contribution in [3.05, 3.63) is 64.6 Å². The number of aromatic nitrogens is 2. The maximum absolute atomic E-state index is 13.0. The summed E-state index contributed by atoms with van der Waals surface area (Å²) in [6, 6.07) is 9.40. The Morgan fingerprint density at radius 3 is 2.69 bits per heavy atom. The van der Waals surface area contributed by atoms with E-state index in [1.54, 1.807) is 13.3 Å². The predicted octanol–water partition coefficient (Wildman–Crippen LogP) is 4.27. The topological polar surface area (TPSA) is 99.4 Å². The fraction of sp³-hybridized carbons (Fsp3) is 0.321. The summed E-state index contributed by atoms with van der Waals surface area (Å²) in [6.45, 7) is 11.3. The number of nitrogens with one attached hydrogen (secondary N) is 3. The van der Waals surface area contributed by atoms with Crippen LogP contribution in [0, 0.1) is 13.8 Å². The number of fused-ring (bicyclic) bond motifs is 1. The Morgan fingerprint density at radius 2 is 1.97 bits per heavy atom. The summed E-state index contributed by atoms with van der Waals surface area (Å²) in [4.78, 5) is 35.9. The number of anilines is 1. The zero-order valence-corrected chi connectivity index (χ0v) is 21.5. The Labute approximate surface area is 211 Å². The minimum atomic E-state index is -0.188. The quantitative estimate of drug-likeness (QED) is 0.392. The number of hydrogen-bond donors (Lipinski definition) is 3. The first kappa shape index (κ1) is 25.2. The van der Waals surface area contributed by atoms with Gasteiger partial charge in [-0.1, -0.05) is 19.9 Å². The largest absolute Gasteiger partial charge is 0.494 e. The van der Waals surface area contributed by atoms with Gasteiger partial charge >= 0.3 is 0 Å². The minimum absolute atomic E-state index is 0.112. The first-order valence-corrected chi connectivity index (χ1v) is 12.2. The average Bonchev–Trinajstić information content (AvgIpc) is 3.35. The molecule has 0 fully saturated rings. The molecule has 3 N–H and O–H groups in total. The maximum atomic E-state index is 13.0. The summed E-state index contributed by atoms with van der Waals surface area (Å²) in [5, 5.41) is 5.96. The third-order valence-electron chi connectivity index (χ3n) is 6.67. The third kappa shape index (κ3) is 4.90. The second-order valence-electron chi connectivity index (χ2n) is 8.77. The first-order chi connectivity index (χ1) is 17.4. The normalized spacial score (nSPS) is 13.7. The maximum Gasteiger partial charge on any atom is 0.256 e. The van der Waals surface area contributed by atoms with E-state index in [-0.39, 0.29) is 11.8 Å². The Morgan fingerprint density at radius 1 is 1.19 bits per heavy atom. The molecule has 1 aromatic carbocycles. The van der Waals surface area contributed by atoms with Crippen LogP contribution in [0.15, 0.2) is 36.5 Å². The molecule has 1 aliphatic heterocycles. The molecule has 0 unspecified atom stereocenters. The number of benzene rings is 1. The number of amides is 2. The summed E-state index contributed by atoms with van der Waals surface area (Å²) in [5.74, 6) is 0.360. The van der Waals surface area contributed by atoms with Gasteiger partial charge in [0.25, 0.3) is 11.8 Å². The number of methoxy groups -OCH3 is 1. The zero-order valence-electron chi connectivity index (χ0n) is 21.5. The molecule has 0 spiro atoms. The summed E-state index contributed by atoms with van der Waals surface area (Å²) in [6.07, 6.45) is 3.53. The number of hydrogen-bond acceptors (Lipinski definition) is 5. The van der Waals surface area contributed by atoms with Crippen LogP contribution in [0.4, 0.5) is 5.69 Å². The van der Waals surface area contributed by atoms with E-state index in [1.165, 1.54) is 0 Å². The van der Waals surface area contributed by atoms with Gasteiger partial charge in [0.2, 0.25) is 0 Å². The van der Waals surface area contributed by atoms with Crippen molar-refractivity contribution in [3.63, 3.8) is 0 Å².